The molecule has 0 unspecified atom stereocenters. The van der Waals surface area contributed by atoms with Crippen molar-refractivity contribution in [3.05, 3.63) is 11.6 Å². The van der Waals surface area contributed by atoms with Crippen molar-refractivity contribution < 1.29 is 14.7 Å². The van der Waals surface area contributed by atoms with Gasteiger partial charge < -0.3 is 15.3 Å². The molecule has 0 aromatic carbocycles. The van der Waals surface area contributed by atoms with E-state index in [1.165, 1.54) is 37.8 Å². The van der Waals surface area contributed by atoms with Gasteiger partial charge in [-0.2, -0.15) is 0 Å². The summed E-state index contributed by atoms with van der Waals surface area (Å²) < 4.78 is 0. The highest BCUT2D eigenvalue weighted by Crippen LogP contribution is 2.19. The van der Waals surface area contributed by atoms with E-state index >= 15 is 0 Å². The van der Waals surface area contributed by atoms with Gasteiger partial charge in [0.05, 0.1) is 0 Å². The van der Waals surface area contributed by atoms with Gasteiger partial charge in [0.2, 0.25) is 0 Å². The van der Waals surface area contributed by atoms with Crippen LogP contribution < -0.4 is 5.32 Å². The second-order valence-corrected chi connectivity index (χ2v) is 5.16. The Labute approximate surface area is 108 Å². The molecule has 1 aliphatic carbocycles. The lowest BCUT2D eigenvalue weighted by Crippen LogP contribution is -2.54. The average Bonchev–Trinajstić information content (AvgIpc) is 2.80. The number of hydrogen-bond donors (Lipinski definition) is 2. The van der Waals surface area contributed by atoms with Gasteiger partial charge in [-0.05, 0) is 39.5 Å². The molecule has 1 rings (SSSR count). The number of amides is 2. The van der Waals surface area contributed by atoms with Crippen molar-refractivity contribution in [1.29, 1.82) is 0 Å². The number of carbonyl (C=O) groups excluding carboxylic acids is 1. The van der Waals surface area contributed by atoms with Crippen molar-refractivity contribution in [1.82, 2.24) is 10.2 Å². The first-order valence-electron chi connectivity index (χ1n) is 6.28. The molecule has 0 aromatic rings. The molecule has 0 saturated carbocycles. The second-order valence-electron chi connectivity index (χ2n) is 5.16. The lowest BCUT2D eigenvalue weighted by atomic mass is 10.1. The summed E-state index contributed by atoms with van der Waals surface area (Å²) in [6, 6.07) is -0.346. The van der Waals surface area contributed by atoms with Crippen LogP contribution in [-0.2, 0) is 4.79 Å². The van der Waals surface area contributed by atoms with Gasteiger partial charge in [-0.1, -0.05) is 11.6 Å². The number of nitrogens with zero attached hydrogens (tertiary/aromatic N) is 1. The minimum absolute atomic E-state index is 0.346. The number of rotatable bonds is 5. The molecule has 0 aliphatic heterocycles. The number of allylic oxidation sites excluding steroid dienone is 1. The fourth-order valence-corrected chi connectivity index (χ4v) is 1.81. The van der Waals surface area contributed by atoms with Gasteiger partial charge in [0.25, 0.3) is 0 Å². The molecule has 0 fully saturated rings. The summed E-state index contributed by atoms with van der Waals surface area (Å²) in [6.45, 7) is 3.58. The summed E-state index contributed by atoms with van der Waals surface area (Å²) in [5, 5.41) is 11.8. The molecule has 0 atom stereocenters. The third kappa shape index (κ3) is 3.48. The number of likely N-dealkylation sites (N-methyl/N-ethyl adjacent to an activating group) is 1. The summed E-state index contributed by atoms with van der Waals surface area (Å²) in [4.78, 5) is 24.0. The molecule has 0 aromatic heterocycles. The van der Waals surface area contributed by atoms with Crippen molar-refractivity contribution in [2.24, 2.45) is 0 Å². The Bertz CT molecular complexity index is 361. The summed E-state index contributed by atoms with van der Waals surface area (Å²) in [6.07, 6.45) is 6.53. The highest BCUT2D eigenvalue weighted by Gasteiger charge is 2.35. The van der Waals surface area contributed by atoms with Crippen molar-refractivity contribution in [2.45, 2.75) is 45.1 Å². The maximum atomic E-state index is 11.8. The normalized spacial score (nSPS) is 15.2. The van der Waals surface area contributed by atoms with E-state index in [4.69, 9.17) is 5.11 Å². The molecule has 0 heterocycles. The molecule has 102 valence electrons. The molecule has 2 amide bonds. The Balaban J connectivity index is 2.38. The first kappa shape index (κ1) is 14.5. The van der Waals surface area contributed by atoms with Crippen LogP contribution in [-0.4, -0.2) is 41.1 Å². The number of carbonyl (C=O) groups is 2. The van der Waals surface area contributed by atoms with E-state index in [0.717, 1.165) is 19.3 Å². The third-order valence-electron chi connectivity index (χ3n) is 3.52. The van der Waals surface area contributed by atoms with E-state index in [2.05, 4.69) is 11.4 Å². The minimum atomic E-state index is -1.20. The molecule has 1 aliphatic rings. The molecule has 5 nitrogen and oxygen atoms in total. The summed E-state index contributed by atoms with van der Waals surface area (Å²) in [7, 11) is 1.50. The predicted octanol–water partition coefficient (Wildman–Crippen LogP) is 1.99. The van der Waals surface area contributed by atoms with Crippen LogP contribution in [0.15, 0.2) is 11.6 Å². The van der Waals surface area contributed by atoms with E-state index < -0.39 is 11.5 Å². The molecule has 5 heteroatoms. The first-order valence-corrected chi connectivity index (χ1v) is 6.28. The number of nitrogens with one attached hydrogen (secondary N) is 1. The number of carboxylic acids is 1. The molecular weight excluding hydrogens is 232 g/mol. The predicted molar refractivity (Wildman–Crippen MR) is 69.4 cm³/mol. The van der Waals surface area contributed by atoms with E-state index in [0.29, 0.717) is 6.54 Å². The molecule has 18 heavy (non-hydrogen) atoms. The first-order chi connectivity index (χ1) is 8.35. The van der Waals surface area contributed by atoms with Crippen LogP contribution in [0.1, 0.15) is 39.5 Å². The Morgan fingerprint density at radius 1 is 1.50 bits per heavy atom. The standard InChI is InChI=1S/C13H22N2O3/c1-13(2,11(16)17)15(3)12(18)14-9-8-10-6-4-5-7-10/h6H,4-5,7-9H2,1-3H3,(H,14,18)(H,16,17). The van der Waals surface area contributed by atoms with Gasteiger partial charge in [0.1, 0.15) is 5.54 Å². The maximum Gasteiger partial charge on any atom is 0.329 e. The quantitative estimate of drug-likeness (QED) is 0.737. The zero-order chi connectivity index (χ0) is 13.8. The van der Waals surface area contributed by atoms with Crippen LogP contribution in [0, 0.1) is 0 Å². The Morgan fingerprint density at radius 3 is 2.67 bits per heavy atom. The Kier molecular flexibility index (Phi) is 4.76. The topological polar surface area (TPSA) is 69.6 Å². The summed E-state index contributed by atoms with van der Waals surface area (Å²) in [5.74, 6) is -1.02. The summed E-state index contributed by atoms with van der Waals surface area (Å²) in [5.41, 5.74) is 0.187. The van der Waals surface area contributed by atoms with Crippen LogP contribution in [0.2, 0.25) is 0 Å². The van der Waals surface area contributed by atoms with Gasteiger partial charge in [0, 0.05) is 13.6 Å². The molecule has 0 saturated heterocycles. The van der Waals surface area contributed by atoms with E-state index in [1.807, 2.05) is 0 Å². The lowest BCUT2D eigenvalue weighted by molar-refractivity contribution is -0.146. The van der Waals surface area contributed by atoms with Crippen molar-refractivity contribution in [3.8, 4) is 0 Å². The zero-order valence-corrected chi connectivity index (χ0v) is 11.3. The number of carboxylic acid groups (broad SMARTS) is 1. The minimum Gasteiger partial charge on any atom is -0.480 e. The average molecular weight is 254 g/mol. The van der Waals surface area contributed by atoms with E-state index in [1.54, 1.807) is 0 Å². The SMILES string of the molecule is CN(C(=O)NCCC1=CCCC1)C(C)(C)C(=O)O. The van der Waals surface area contributed by atoms with Crippen molar-refractivity contribution >= 4 is 12.0 Å². The van der Waals surface area contributed by atoms with Crippen LogP contribution in [0.5, 0.6) is 0 Å². The van der Waals surface area contributed by atoms with Crippen molar-refractivity contribution in [3.63, 3.8) is 0 Å². The molecule has 2 N–H and O–H groups in total. The fraction of sp³-hybridized carbons (Fsp3) is 0.692. The van der Waals surface area contributed by atoms with Gasteiger partial charge >= 0.3 is 12.0 Å². The van der Waals surface area contributed by atoms with Gasteiger partial charge in [0.15, 0.2) is 0 Å². The monoisotopic (exact) mass is 254 g/mol. The lowest BCUT2D eigenvalue weighted by Gasteiger charge is -2.31. The van der Waals surface area contributed by atoms with Crippen LogP contribution >= 0.6 is 0 Å². The van der Waals surface area contributed by atoms with Crippen molar-refractivity contribution in [2.75, 3.05) is 13.6 Å². The molecular formula is C13H22N2O3. The Hall–Kier alpha value is -1.52. The second kappa shape index (κ2) is 5.89. The van der Waals surface area contributed by atoms with E-state index in [-0.39, 0.29) is 6.03 Å². The molecule has 0 radical (unpaired) electrons. The number of hydrogen-bond acceptors (Lipinski definition) is 2. The third-order valence-corrected chi connectivity index (χ3v) is 3.52. The summed E-state index contributed by atoms with van der Waals surface area (Å²) >= 11 is 0. The smallest absolute Gasteiger partial charge is 0.329 e. The van der Waals surface area contributed by atoms with Crippen LogP contribution in [0.4, 0.5) is 4.79 Å². The van der Waals surface area contributed by atoms with Crippen LogP contribution in [0.3, 0.4) is 0 Å². The zero-order valence-electron chi connectivity index (χ0n) is 11.3. The van der Waals surface area contributed by atoms with Gasteiger partial charge in [-0.3, -0.25) is 0 Å². The fourth-order valence-electron chi connectivity index (χ4n) is 1.81. The highest BCUT2D eigenvalue weighted by molar-refractivity contribution is 5.85. The number of urea groups is 1. The Morgan fingerprint density at radius 2 is 2.17 bits per heavy atom. The van der Waals surface area contributed by atoms with Gasteiger partial charge in [-0.25, -0.2) is 9.59 Å². The number of aliphatic carboxylic acids is 1. The molecule has 0 bridgehead atoms. The van der Waals surface area contributed by atoms with Gasteiger partial charge in [-0.15, -0.1) is 0 Å². The highest BCUT2D eigenvalue weighted by atomic mass is 16.4. The maximum absolute atomic E-state index is 11.8. The largest absolute Gasteiger partial charge is 0.480 e. The van der Waals surface area contributed by atoms with E-state index in [9.17, 15) is 9.59 Å². The molecule has 0 spiro atoms. The van der Waals surface area contributed by atoms with Crippen LogP contribution in [0.25, 0.3) is 0 Å².